The highest BCUT2D eigenvalue weighted by molar-refractivity contribution is 5.41. The van der Waals surface area contributed by atoms with E-state index >= 15 is 0 Å². The van der Waals surface area contributed by atoms with Gasteiger partial charge in [0.2, 0.25) is 0 Å². The molecule has 0 fully saturated rings. The Morgan fingerprint density at radius 3 is 3.23 bits per heavy atom. The molecule has 1 aliphatic rings. The number of rotatable bonds is 1. The fraction of sp³-hybridized carbons (Fsp3) is 0.333. The van der Waals surface area contributed by atoms with Crippen molar-refractivity contribution in [1.29, 1.82) is 0 Å². The molecule has 2 rings (SSSR count). The predicted molar refractivity (Wildman–Crippen MR) is 52.8 cm³/mol. The first-order valence-corrected chi connectivity index (χ1v) is 4.51. The lowest BCUT2D eigenvalue weighted by atomic mass is 10.1. The molecule has 0 N–H and O–H groups in total. The normalized spacial score (nSPS) is 18.9. The summed E-state index contributed by atoms with van der Waals surface area (Å²) in [6, 6.07) is 6.21. The maximum absolute atomic E-state index is 5.59. The monoisotopic (exact) mass is 172 g/mol. The summed E-state index contributed by atoms with van der Waals surface area (Å²) >= 11 is 0. The quantitative estimate of drug-likeness (QED) is 0.590. The van der Waals surface area contributed by atoms with Gasteiger partial charge in [-0.05, 0) is 24.1 Å². The second kappa shape index (κ2) is 3.14. The van der Waals surface area contributed by atoms with Crippen molar-refractivity contribution in [1.82, 2.24) is 0 Å². The molecule has 66 valence electrons. The van der Waals surface area contributed by atoms with Gasteiger partial charge in [0, 0.05) is 12.8 Å². The number of hydrogen-bond donors (Lipinski definition) is 0. The van der Waals surface area contributed by atoms with Crippen molar-refractivity contribution >= 4 is 0 Å². The molecule has 13 heavy (non-hydrogen) atoms. The number of terminal acetylenes is 1. The van der Waals surface area contributed by atoms with Gasteiger partial charge in [-0.1, -0.05) is 12.1 Å². The average Bonchev–Trinajstić information content (AvgIpc) is 2.44. The van der Waals surface area contributed by atoms with Gasteiger partial charge in [0.15, 0.2) is 0 Å². The Bertz CT molecular complexity index is 360. The summed E-state index contributed by atoms with van der Waals surface area (Å²) in [7, 11) is 0. The lowest BCUT2D eigenvalue weighted by Crippen LogP contribution is -2.05. The molecule has 1 atom stereocenters. The minimum Gasteiger partial charge on any atom is -0.490 e. The van der Waals surface area contributed by atoms with Crippen molar-refractivity contribution in [3.63, 3.8) is 0 Å². The van der Waals surface area contributed by atoms with E-state index in [0.29, 0.717) is 12.5 Å². The fourth-order valence-corrected chi connectivity index (χ4v) is 1.70. The van der Waals surface area contributed by atoms with Crippen LogP contribution in [0, 0.1) is 12.3 Å². The lowest BCUT2D eigenvalue weighted by molar-refractivity contribution is 0.254. The van der Waals surface area contributed by atoms with Crippen LogP contribution in [0.3, 0.4) is 0 Å². The Kier molecular flexibility index (Phi) is 1.98. The number of hydrogen-bond acceptors (Lipinski definition) is 1. The summed E-state index contributed by atoms with van der Waals surface area (Å²) in [5.41, 5.74) is 2.50. The van der Waals surface area contributed by atoms with E-state index in [-0.39, 0.29) is 0 Å². The highest BCUT2D eigenvalue weighted by Crippen LogP contribution is 2.29. The van der Waals surface area contributed by atoms with Crippen molar-refractivity contribution < 1.29 is 4.74 Å². The van der Waals surface area contributed by atoms with E-state index in [1.54, 1.807) is 0 Å². The topological polar surface area (TPSA) is 9.23 Å². The Hall–Kier alpha value is -1.42. The summed E-state index contributed by atoms with van der Waals surface area (Å²) in [6.07, 6.45) is 7.29. The molecule has 1 unspecified atom stereocenters. The molecule has 1 aromatic carbocycles. The van der Waals surface area contributed by atoms with E-state index < -0.39 is 0 Å². The molecular weight excluding hydrogens is 160 g/mol. The van der Waals surface area contributed by atoms with E-state index in [4.69, 9.17) is 11.2 Å². The Morgan fingerprint density at radius 1 is 1.62 bits per heavy atom. The minimum atomic E-state index is 0.316. The Morgan fingerprint density at radius 2 is 2.46 bits per heavy atom. The number of ether oxygens (including phenoxy) is 1. The van der Waals surface area contributed by atoms with E-state index in [9.17, 15) is 0 Å². The van der Waals surface area contributed by atoms with Gasteiger partial charge < -0.3 is 4.74 Å². The van der Waals surface area contributed by atoms with Crippen molar-refractivity contribution in [2.45, 2.75) is 25.9 Å². The van der Waals surface area contributed by atoms with Crippen molar-refractivity contribution in [2.24, 2.45) is 0 Å². The molecule has 1 aliphatic heterocycles. The smallest absolute Gasteiger partial charge is 0.123 e. The third kappa shape index (κ3) is 1.53. The second-order valence-corrected chi connectivity index (χ2v) is 3.46. The lowest BCUT2D eigenvalue weighted by Gasteiger charge is -2.02. The first-order valence-electron chi connectivity index (χ1n) is 4.51. The van der Waals surface area contributed by atoms with E-state index in [2.05, 4.69) is 18.9 Å². The van der Waals surface area contributed by atoms with E-state index in [1.165, 1.54) is 11.1 Å². The standard InChI is InChI=1S/C12H12O/c1-3-4-10-5-6-12-11(8-10)7-9(2)13-12/h1,5-6,8-9H,4,7H2,2H3. The van der Waals surface area contributed by atoms with Gasteiger partial charge in [-0.25, -0.2) is 0 Å². The first kappa shape index (κ1) is 8.19. The van der Waals surface area contributed by atoms with Crippen LogP contribution in [0.15, 0.2) is 18.2 Å². The number of fused-ring (bicyclic) bond motifs is 1. The molecule has 1 heteroatoms. The third-order valence-corrected chi connectivity index (χ3v) is 2.27. The van der Waals surface area contributed by atoms with Gasteiger partial charge in [-0.3, -0.25) is 0 Å². The SMILES string of the molecule is C#CCc1ccc2c(c1)CC(C)O2. The predicted octanol–water partition coefficient (Wildman–Crippen LogP) is 2.19. The zero-order chi connectivity index (χ0) is 9.26. The van der Waals surface area contributed by atoms with Gasteiger partial charge in [0.1, 0.15) is 11.9 Å². The van der Waals surface area contributed by atoms with Crippen LogP contribution in [0.5, 0.6) is 5.75 Å². The van der Waals surface area contributed by atoms with Crippen LogP contribution in [0.4, 0.5) is 0 Å². The third-order valence-electron chi connectivity index (χ3n) is 2.27. The van der Waals surface area contributed by atoms with Gasteiger partial charge in [0.25, 0.3) is 0 Å². The van der Waals surface area contributed by atoms with Crippen LogP contribution in [0.2, 0.25) is 0 Å². The maximum Gasteiger partial charge on any atom is 0.123 e. The fourth-order valence-electron chi connectivity index (χ4n) is 1.70. The van der Waals surface area contributed by atoms with Crippen molar-refractivity contribution in [3.8, 4) is 18.1 Å². The molecule has 1 nitrogen and oxygen atoms in total. The van der Waals surface area contributed by atoms with Crippen molar-refractivity contribution in [3.05, 3.63) is 29.3 Å². The largest absolute Gasteiger partial charge is 0.490 e. The summed E-state index contributed by atoms with van der Waals surface area (Å²) in [5, 5.41) is 0. The molecule has 0 saturated carbocycles. The van der Waals surface area contributed by atoms with Gasteiger partial charge >= 0.3 is 0 Å². The molecule has 0 bridgehead atoms. The minimum absolute atomic E-state index is 0.316. The number of benzene rings is 1. The molecule has 0 amide bonds. The van der Waals surface area contributed by atoms with Crippen LogP contribution in [-0.2, 0) is 12.8 Å². The summed E-state index contributed by atoms with van der Waals surface area (Å²) in [4.78, 5) is 0. The highest BCUT2D eigenvalue weighted by atomic mass is 16.5. The van der Waals surface area contributed by atoms with Crippen molar-refractivity contribution in [2.75, 3.05) is 0 Å². The Labute approximate surface area is 78.7 Å². The molecule has 1 aromatic rings. The molecule has 0 aliphatic carbocycles. The van der Waals surface area contributed by atoms with Crippen LogP contribution in [0.1, 0.15) is 18.1 Å². The second-order valence-electron chi connectivity index (χ2n) is 3.46. The molecule has 0 radical (unpaired) electrons. The molecule has 1 heterocycles. The van der Waals surface area contributed by atoms with Gasteiger partial charge in [-0.15, -0.1) is 12.3 Å². The zero-order valence-electron chi connectivity index (χ0n) is 7.71. The maximum atomic E-state index is 5.59. The molecule has 0 saturated heterocycles. The van der Waals surface area contributed by atoms with Crippen LogP contribution in [-0.4, -0.2) is 6.10 Å². The first-order chi connectivity index (χ1) is 6.29. The molecule has 0 aromatic heterocycles. The van der Waals surface area contributed by atoms with Gasteiger partial charge in [0.05, 0.1) is 0 Å². The highest BCUT2D eigenvalue weighted by Gasteiger charge is 2.18. The summed E-state index contributed by atoms with van der Waals surface area (Å²) in [5.74, 6) is 3.67. The van der Waals surface area contributed by atoms with Crippen LogP contribution >= 0.6 is 0 Å². The Balaban J connectivity index is 2.30. The van der Waals surface area contributed by atoms with Crippen LogP contribution in [0.25, 0.3) is 0 Å². The zero-order valence-corrected chi connectivity index (χ0v) is 7.71. The summed E-state index contributed by atoms with van der Waals surface area (Å²) < 4.78 is 5.59. The van der Waals surface area contributed by atoms with E-state index in [0.717, 1.165) is 12.2 Å². The van der Waals surface area contributed by atoms with Gasteiger partial charge in [-0.2, -0.15) is 0 Å². The average molecular weight is 172 g/mol. The van der Waals surface area contributed by atoms with Crippen LogP contribution < -0.4 is 4.74 Å². The summed E-state index contributed by atoms with van der Waals surface area (Å²) in [6.45, 7) is 2.08. The molecule has 0 spiro atoms. The van der Waals surface area contributed by atoms with E-state index in [1.807, 2.05) is 12.1 Å². The molecular formula is C12H12O.